The van der Waals surface area contributed by atoms with Crippen LogP contribution >= 0.6 is 57.7 Å². The van der Waals surface area contributed by atoms with Crippen LogP contribution in [0.2, 0.25) is 5.02 Å². The number of hydrogen-bond donors (Lipinski definition) is 0. The molecule has 0 bridgehead atoms. The van der Waals surface area contributed by atoms with Gasteiger partial charge >= 0.3 is 0 Å². The summed E-state index contributed by atoms with van der Waals surface area (Å²) in [5.74, 6) is -0.575. The Kier molecular flexibility index (Phi) is 4.96. The number of hydrogen-bond acceptors (Lipinski definition) is 3. The van der Waals surface area contributed by atoms with Crippen molar-refractivity contribution in [2.45, 2.75) is 3.79 Å². The van der Waals surface area contributed by atoms with Gasteiger partial charge in [0.15, 0.2) is 0 Å². The summed E-state index contributed by atoms with van der Waals surface area (Å²) in [5, 5.41) is 3.45. The maximum atomic E-state index is 12.1. The highest BCUT2D eigenvalue weighted by molar-refractivity contribution is 7.13. The predicted octanol–water partition coefficient (Wildman–Crippen LogP) is 6.02. The standard InChI is InChI=1S/C16H10Cl4N2OS/c1-22-7-10(6-13(22)14(23)16(18,19)20)12-8-24-15(21-12)9-2-4-11(17)5-3-9/h2-8H,1H3. The Balaban J connectivity index is 1.94. The van der Waals surface area contributed by atoms with Gasteiger partial charge < -0.3 is 4.57 Å². The molecule has 0 aliphatic heterocycles. The molecule has 0 aliphatic rings. The molecule has 0 N–H and O–H groups in total. The number of aromatic nitrogens is 2. The van der Waals surface area contributed by atoms with E-state index in [1.165, 1.54) is 11.3 Å². The van der Waals surface area contributed by atoms with E-state index >= 15 is 0 Å². The fourth-order valence-electron chi connectivity index (χ4n) is 2.21. The molecule has 0 saturated heterocycles. The molecular formula is C16H10Cl4N2OS. The van der Waals surface area contributed by atoms with Crippen LogP contribution in [0.1, 0.15) is 10.5 Å². The van der Waals surface area contributed by atoms with E-state index < -0.39 is 9.58 Å². The fourth-order valence-corrected chi connectivity index (χ4v) is 3.46. The van der Waals surface area contributed by atoms with Crippen LogP contribution < -0.4 is 0 Å². The average molecular weight is 420 g/mol. The Labute approximate surface area is 162 Å². The Morgan fingerprint density at radius 1 is 1.17 bits per heavy atom. The maximum absolute atomic E-state index is 12.1. The van der Waals surface area contributed by atoms with Crippen LogP contribution in [0.5, 0.6) is 0 Å². The zero-order valence-corrected chi connectivity index (χ0v) is 16.1. The number of halogens is 4. The Hall–Kier alpha value is -1.04. The number of Topliss-reactive ketones (excluding diaryl/α,β-unsaturated/α-hetero) is 1. The molecule has 0 spiro atoms. The van der Waals surface area contributed by atoms with Gasteiger partial charge in [-0.3, -0.25) is 4.79 Å². The van der Waals surface area contributed by atoms with E-state index in [9.17, 15) is 4.79 Å². The van der Waals surface area contributed by atoms with Gasteiger partial charge in [0.1, 0.15) is 5.01 Å². The summed E-state index contributed by atoms with van der Waals surface area (Å²) in [6, 6.07) is 9.13. The van der Waals surface area contributed by atoms with E-state index in [0.717, 1.165) is 21.8 Å². The van der Waals surface area contributed by atoms with Crippen LogP contribution in [0.4, 0.5) is 0 Å². The average Bonchev–Trinajstić information content (AvgIpc) is 3.13. The first kappa shape index (κ1) is 17.8. The highest BCUT2D eigenvalue weighted by Crippen LogP contribution is 2.34. The van der Waals surface area contributed by atoms with Crippen molar-refractivity contribution < 1.29 is 4.79 Å². The summed E-state index contributed by atoms with van der Waals surface area (Å²) in [5.41, 5.74) is 2.82. The number of nitrogens with zero attached hydrogens (tertiary/aromatic N) is 2. The lowest BCUT2D eigenvalue weighted by atomic mass is 10.2. The fraction of sp³-hybridized carbons (Fsp3) is 0.125. The van der Waals surface area contributed by atoms with E-state index in [-0.39, 0.29) is 0 Å². The SMILES string of the molecule is Cn1cc(-c2csc(-c3ccc(Cl)cc3)n2)cc1C(=O)C(Cl)(Cl)Cl. The van der Waals surface area contributed by atoms with Gasteiger partial charge in [0.05, 0.1) is 11.4 Å². The summed E-state index contributed by atoms with van der Waals surface area (Å²) >= 11 is 24.5. The molecule has 0 unspecified atom stereocenters. The van der Waals surface area contributed by atoms with E-state index in [4.69, 9.17) is 46.4 Å². The van der Waals surface area contributed by atoms with Gasteiger partial charge in [-0.15, -0.1) is 11.3 Å². The molecule has 3 rings (SSSR count). The first-order valence-corrected chi connectivity index (χ1v) is 9.14. The summed E-state index contributed by atoms with van der Waals surface area (Å²) in [4.78, 5) is 16.8. The van der Waals surface area contributed by atoms with E-state index in [1.54, 1.807) is 23.9 Å². The topological polar surface area (TPSA) is 34.9 Å². The van der Waals surface area contributed by atoms with Crippen molar-refractivity contribution >= 4 is 63.5 Å². The number of carbonyl (C=O) groups excluding carboxylic acids is 1. The van der Waals surface area contributed by atoms with Gasteiger partial charge in [-0.05, 0) is 18.2 Å². The molecular weight excluding hydrogens is 410 g/mol. The van der Waals surface area contributed by atoms with E-state index in [0.29, 0.717) is 10.7 Å². The van der Waals surface area contributed by atoms with Crippen molar-refractivity contribution in [2.75, 3.05) is 0 Å². The number of rotatable bonds is 3. The van der Waals surface area contributed by atoms with Crippen molar-refractivity contribution in [1.82, 2.24) is 9.55 Å². The van der Waals surface area contributed by atoms with Crippen molar-refractivity contribution in [3.05, 3.63) is 52.6 Å². The van der Waals surface area contributed by atoms with Crippen LogP contribution in [0, 0.1) is 0 Å². The van der Waals surface area contributed by atoms with Gasteiger partial charge in [0.2, 0.25) is 5.78 Å². The van der Waals surface area contributed by atoms with Crippen LogP contribution in [0.25, 0.3) is 21.8 Å². The second-order valence-corrected chi connectivity index (χ2v) is 8.67. The molecule has 2 aromatic heterocycles. The minimum Gasteiger partial charge on any atom is -0.347 e. The van der Waals surface area contributed by atoms with Crippen molar-refractivity contribution in [3.8, 4) is 21.8 Å². The normalized spacial score (nSPS) is 11.7. The number of alkyl halides is 3. The molecule has 8 heteroatoms. The molecule has 0 radical (unpaired) electrons. The quantitative estimate of drug-likeness (QED) is 0.384. The van der Waals surface area contributed by atoms with Gasteiger partial charge in [0.25, 0.3) is 3.79 Å². The first-order chi connectivity index (χ1) is 11.3. The lowest BCUT2D eigenvalue weighted by molar-refractivity contribution is 0.0988. The molecule has 0 saturated carbocycles. The smallest absolute Gasteiger partial charge is 0.255 e. The van der Waals surface area contributed by atoms with E-state index in [1.807, 2.05) is 29.6 Å². The molecule has 124 valence electrons. The molecule has 0 amide bonds. The molecule has 3 nitrogen and oxygen atoms in total. The molecule has 0 atom stereocenters. The first-order valence-electron chi connectivity index (χ1n) is 6.75. The second kappa shape index (κ2) is 6.70. The minimum atomic E-state index is -1.99. The van der Waals surface area contributed by atoms with Gasteiger partial charge in [0, 0.05) is 34.8 Å². The van der Waals surface area contributed by atoms with Crippen LogP contribution in [0.15, 0.2) is 41.9 Å². The van der Waals surface area contributed by atoms with Gasteiger partial charge in [-0.25, -0.2) is 4.98 Å². The highest BCUT2D eigenvalue weighted by Gasteiger charge is 2.33. The summed E-state index contributed by atoms with van der Waals surface area (Å²) in [6.07, 6.45) is 1.78. The third-order valence-electron chi connectivity index (χ3n) is 3.39. The minimum absolute atomic E-state index is 0.311. The summed E-state index contributed by atoms with van der Waals surface area (Å²) in [7, 11) is 1.72. The Bertz CT molecular complexity index is 894. The molecule has 24 heavy (non-hydrogen) atoms. The largest absolute Gasteiger partial charge is 0.347 e. The second-order valence-electron chi connectivity index (χ2n) is 5.10. The van der Waals surface area contributed by atoms with Gasteiger partial charge in [-0.1, -0.05) is 58.5 Å². The van der Waals surface area contributed by atoms with Crippen molar-refractivity contribution in [2.24, 2.45) is 7.05 Å². The van der Waals surface area contributed by atoms with Crippen LogP contribution in [-0.2, 0) is 7.05 Å². The van der Waals surface area contributed by atoms with Gasteiger partial charge in [-0.2, -0.15) is 0 Å². The molecule has 3 aromatic rings. The zero-order chi connectivity index (χ0) is 17.5. The number of carbonyl (C=O) groups is 1. The van der Waals surface area contributed by atoms with Crippen molar-refractivity contribution in [1.29, 1.82) is 0 Å². The number of benzene rings is 1. The number of ketones is 1. The molecule has 1 aromatic carbocycles. The predicted molar refractivity (Wildman–Crippen MR) is 102 cm³/mol. The van der Waals surface area contributed by atoms with Crippen LogP contribution in [0.3, 0.4) is 0 Å². The molecule has 0 fully saturated rings. The highest BCUT2D eigenvalue weighted by atomic mass is 35.6. The summed E-state index contributed by atoms with van der Waals surface area (Å²) < 4.78 is -0.360. The maximum Gasteiger partial charge on any atom is 0.255 e. The number of aryl methyl sites for hydroxylation is 1. The molecule has 0 aliphatic carbocycles. The van der Waals surface area contributed by atoms with E-state index in [2.05, 4.69) is 4.98 Å². The lowest BCUT2D eigenvalue weighted by Crippen LogP contribution is -2.21. The lowest BCUT2D eigenvalue weighted by Gasteiger charge is -2.09. The third-order valence-corrected chi connectivity index (χ3v) is 5.04. The Morgan fingerprint density at radius 3 is 2.46 bits per heavy atom. The zero-order valence-electron chi connectivity index (χ0n) is 12.3. The van der Waals surface area contributed by atoms with Crippen LogP contribution in [-0.4, -0.2) is 19.1 Å². The number of thiazole rings is 1. The van der Waals surface area contributed by atoms with Crippen molar-refractivity contribution in [3.63, 3.8) is 0 Å². The monoisotopic (exact) mass is 418 g/mol. The third kappa shape index (κ3) is 3.63. The summed E-state index contributed by atoms with van der Waals surface area (Å²) in [6.45, 7) is 0. The molecule has 2 heterocycles. The Morgan fingerprint density at radius 2 is 1.83 bits per heavy atom.